The lowest BCUT2D eigenvalue weighted by molar-refractivity contribution is 0.230. The summed E-state index contributed by atoms with van der Waals surface area (Å²) >= 11 is 0. The number of sulfonamides is 1. The fourth-order valence-corrected chi connectivity index (χ4v) is 4.21. The molecule has 0 saturated carbocycles. The minimum Gasteiger partial charge on any atom is -0.327 e. The molecule has 19 heavy (non-hydrogen) atoms. The smallest absolute Gasteiger partial charge is 0.243 e. The van der Waals surface area contributed by atoms with Crippen LogP contribution in [0.15, 0.2) is 29.2 Å². The average Bonchev–Trinajstić information content (AvgIpc) is 2.39. The van der Waals surface area contributed by atoms with Crippen LogP contribution in [0.25, 0.3) is 0 Å². The van der Waals surface area contributed by atoms with Gasteiger partial charge >= 0.3 is 0 Å². The van der Waals surface area contributed by atoms with Crippen LogP contribution in [0.4, 0.5) is 0 Å². The molecule has 1 aliphatic heterocycles. The predicted molar refractivity (Wildman–Crippen MR) is 76.3 cm³/mol. The third-order valence-corrected chi connectivity index (χ3v) is 5.77. The van der Waals surface area contributed by atoms with E-state index in [1.54, 1.807) is 22.5 Å². The zero-order valence-electron chi connectivity index (χ0n) is 11.5. The summed E-state index contributed by atoms with van der Waals surface area (Å²) in [6, 6.07) is 7.20. The van der Waals surface area contributed by atoms with Gasteiger partial charge in [0, 0.05) is 19.1 Å². The molecule has 1 aromatic carbocycles. The van der Waals surface area contributed by atoms with Crippen molar-refractivity contribution in [2.24, 2.45) is 11.7 Å². The Balaban J connectivity index is 2.25. The highest BCUT2D eigenvalue weighted by Gasteiger charge is 2.33. The SMILES string of the molecule is CCC1CN(S(=O)(=O)c2cccc(C)c2)CCC1N. The normalized spacial score (nSPS) is 25.4. The van der Waals surface area contributed by atoms with Crippen molar-refractivity contribution in [1.29, 1.82) is 0 Å². The molecule has 0 aliphatic carbocycles. The van der Waals surface area contributed by atoms with Crippen LogP contribution in [0.2, 0.25) is 0 Å². The van der Waals surface area contributed by atoms with E-state index in [1.807, 2.05) is 13.0 Å². The standard InChI is InChI=1S/C14H22N2O2S/c1-3-12-10-16(8-7-14(12)15)19(17,18)13-6-4-5-11(2)9-13/h4-6,9,12,14H,3,7-8,10,15H2,1-2H3. The number of benzene rings is 1. The zero-order valence-corrected chi connectivity index (χ0v) is 12.4. The van der Waals surface area contributed by atoms with Gasteiger partial charge in [-0.3, -0.25) is 0 Å². The summed E-state index contributed by atoms with van der Waals surface area (Å²) in [6.45, 7) is 5.02. The molecule has 1 saturated heterocycles. The topological polar surface area (TPSA) is 63.4 Å². The van der Waals surface area contributed by atoms with Gasteiger partial charge in [0.05, 0.1) is 4.90 Å². The third-order valence-electron chi connectivity index (χ3n) is 3.91. The fraction of sp³-hybridized carbons (Fsp3) is 0.571. The number of aryl methyl sites for hydroxylation is 1. The highest BCUT2D eigenvalue weighted by atomic mass is 32.2. The molecule has 1 aliphatic rings. The Bertz CT molecular complexity index is 542. The first kappa shape index (κ1) is 14.5. The second kappa shape index (κ2) is 5.61. The van der Waals surface area contributed by atoms with Crippen molar-refractivity contribution in [3.63, 3.8) is 0 Å². The van der Waals surface area contributed by atoms with Crippen molar-refractivity contribution in [2.75, 3.05) is 13.1 Å². The third kappa shape index (κ3) is 2.99. The molecular formula is C14H22N2O2S. The minimum absolute atomic E-state index is 0.119. The van der Waals surface area contributed by atoms with E-state index < -0.39 is 10.0 Å². The van der Waals surface area contributed by atoms with Crippen molar-refractivity contribution in [3.8, 4) is 0 Å². The van der Waals surface area contributed by atoms with Gasteiger partial charge in [-0.2, -0.15) is 4.31 Å². The first-order valence-electron chi connectivity index (χ1n) is 6.77. The van der Waals surface area contributed by atoms with Gasteiger partial charge in [-0.05, 0) is 37.0 Å². The summed E-state index contributed by atoms with van der Waals surface area (Å²) in [5, 5.41) is 0. The number of piperidine rings is 1. The Morgan fingerprint density at radius 1 is 1.42 bits per heavy atom. The second-order valence-electron chi connectivity index (χ2n) is 5.30. The van der Waals surface area contributed by atoms with Crippen LogP contribution in [0.1, 0.15) is 25.3 Å². The Kier molecular flexibility index (Phi) is 4.28. The van der Waals surface area contributed by atoms with E-state index in [0.29, 0.717) is 18.0 Å². The van der Waals surface area contributed by atoms with E-state index in [1.165, 1.54) is 0 Å². The molecule has 1 heterocycles. The van der Waals surface area contributed by atoms with Gasteiger partial charge in [0.25, 0.3) is 0 Å². The summed E-state index contributed by atoms with van der Waals surface area (Å²) in [4.78, 5) is 0.387. The quantitative estimate of drug-likeness (QED) is 0.918. The molecule has 2 atom stereocenters. The number of nitrogens with zero attached hydrogens (tertiary/aromatic N) is 1. The molecule has 0 radical (unpaired) electrons. The van der Waals surface area contributed by atoms with E-state index >= 15 is 0 Å². The van der Waals surface area contributed by atoms with Gasteiger partial charge in [-0.1, -0.05) is 25.5 Å². The molecule has 0 bridgehead atoms. The molecule has 2 rings (SSSR count). The van der Waals surface area contributed by atoms with Gasteiger partial charge < -0.3 is 5.73 Å². The Morgan fingerprint density at radius 3 is 2.79 bits per heavy atom. The maximum absolute atomic E-state index is 12.6. The van der Waals surface area contributed by atoms with Crippen LogP contribution in [-0.2, 0) is 10.0 Å². The van der Waals surface area contributed by atoms with Gasteiger partial charge in [0.15, 0.2) is 0 Å². The molecule has 106 valence electrons. The minimum atomic E-state index is -3.37. The molecular weight excluding hydrogens is 260 g/mol. The molecule has 0 spiro atoms. The molecule has 5 heteroatoms. The lowest BCUT2D eigenvalue weighted by Gasteiger charge is -2.35. The van der Waals surface area contributed by atoms with Gasteiger partial charge in [0.2, 0.25) is 10.0 Å². The lowest BCUT2D eigenvalue weighted by Crippen LogP contribution is -2.48. The summed E-state index contributed by atoms with van der Waals surface area (Å²) in [5.41, 5.74) is 7.00. The molecule has 4 nitrogen and oxygen atoms in total. The van der Waals surface area contributed by atoms with Crippen molar-refractivity contribution in [3.05, 3.63) is 29.8 Å². The number of hydrogen-bond acceptors (Lipinski definition) is 3. The van der Waals surface area contributed by atoms with Crippen LogP contribution < -0.4 is 5.73 Å². The highest BCUT2D eigenvalue weighted by Crippen LogP contribution is 2.25. The molecule has 0 amide bonds. The van der Waals surface area contributed by atoms with Gasteiger partial charge in [-0.15, -0.1) is 0 Å². The Labute approximate surface area is 115 Å². The zero-order chi connectivity index (χ0) is 14.0. The van der Waals surface area contributed by atoms with Gasteiger partial charge in [0.1, 0.15) is 0 Å². The first-order chi connectivity index (χ1) is 8.95. The molecule has 2 unspecified atom stereocenters. The van der Waals surface area contributed by atoms with E-state index in [9.17, 15) is 8.42 Å². The summed E-state index contributed by atoms with van der Waals surface area (Å²) in [6.07, 6.45) is 1.66. The number of nitrogens with two attached hydrogens (primary N) is 1. The molecule has 2 N–H and O–H groups in total. The lowest BCUT2D eigenvalue weighted by atomic mass is 9.92. The van der Waals surface area contributed by atoms with E-state index in [4.69, 9.17) is 5.73 Å². The van der Waals surface area contributed by atoms with Crippen LogP contribution in [0.3, 0.4) is 0 Å². The van der Waals surface area contributed by atoms with Crippen LogP contribution in [0, 0.1) is 12.8 Å². The highest BCUT2D eigenvalue weighted by molar-refractivity contribution is 7.89. The maximum atomic E-state index is 12.6. The van der Waals surface area contributed by atoms with E-state index in [0.717, 1.165) is 18.4 Å². The largest absolute Gasteiger partial charge is 0.327 e. The van der Waals surface area contributed by atoms with Crippen LogP contribution >= 0.6 is 0 Å². The summed E-state index contributed by atoms with van der Waals surface area (Å²) in [7, 11) is -3.37. The van der Waals surface area contributed by atoms with Crippen molar-refractivity contribution < 1.29 is 8.42 Å². The van der Waals surface area contributed by atoms with Crippen LogP contribution in [-0.4, -0.2) is 31.9 Å². The molecule has 0 aromatic heterocycles. The van der Waals surface area contributed by atoms with Crippen LogP contribution in [0.5, 0.6) is 0 Å². The number of rotatable bonds is 3. The average molecular weight is 282 g/mol. The Hall–Kier alpha value is -0.910. The number of hydrogen-bond donors (Lipinski definition) is 1. The van der Waals surface area contributed by atoms with Crippen molar-refractivity contribution >= 4 is 10.0 Å². The maximum Gasteiger partial charge on any atom is 0.243 e. The predicted octanol–water partition coefficient (Wildman–Crippen LogP) is 1.74. The monoisotopic (exact) mass is 282 g/mol. The van der Waals surface area contributed by atoms with E-state index in [-0.39, 0.29) is 12.0 Å². The summed E-state index contributed by atoms with van der Waals surface area (Å²) in [5.74, 6) is 0.258. The fourth-order valence-electron chi connectivity index (χ4n) is 2.59. The van der Waals surface area contributed by atoms with Gasteiger partial charge in [-0.25, -0.2) is 8.42 Å². The van der Waals surface area contributed by atoms with Crippen molar-refractivity contribution in [1.82, 2.24) is 4.31 Å². The molecule has 1 fully saturated rings. The Morgan fingerprint density at radius 2 is 2.16 bits per heavy atom. The summed E-state index contributed by atoms with van der Waals surface area (Å²) < 4.78 is 26.8. The first-order valence-corrected chi connectivity index (χ1v) is 8.21. The second-order valence-corrected chi connectivity index (χ2v) is 7.24. The van der Waals surface area contributed by atoms with Crippen molar-refractivity contribution in [2.45, 2.75) is 37.6 Å². The molecule has 1 aromatic rings. The van der Waals surface area contributed by atoms with E-state index in [2.05, 4.69) is 6.92 Å².